The zero-order chi connectivity index (χ0) is 11.5. The largest absolute Gasteiger partial charge is 0.398 e. The Morgan fingerprint density at radius 3 is 2.75 bits per heavy atom. The van der Waals surface area contributed by atoms with E-state index in [2.05, 4.69) is 21.4 Å². The molecule has 16 heavy (non-hydrogen) atoms. The fraction of sp³-hybridized carbons (Fsp3) is 0.0909. The molecule has 0 aliphatic rings. The molecule has 1 atom stereocenters. The lowest BCUT2D eigenvalue weighted by Gasteiger charge is -2.17. The molecule has 5 N–H and O–H groups in total. The summed E-state index contributed by atoms with van der Waals surface area (Å²) >= 11 is 5.09. The number of hydrogen-bond donors (Lipinski definition) is 3. The Hall–Kier alpha value is -0.880. The van der Waals surface area contributed by atoms with Crippen molar-refractivity contribution in [2.75, 3.05) is 5.73 Å². The van der Waals surface area contributed by atoms with Gasteiger partial charge in [-0.15, -0.1) is 11.3 Å². The third-order valence-electron chi connectivity index (χ3n) is 2.35. The molecular formula is C11H12BrN3S. The van der Waals surface area contributed by atoms with E-state index in [0.29, 0.717) is 0 Å². The molecule has 0 fully saturated rings. The van der Waals surface area contributed by atoms with Gasteiger partial charge < -0.3 is 5.73 Å². The van der Waals surface area contributed by atoms with Gasteiger partial charge in [0, 0.05) is 15.0 Å². The molecule has 1 heterocycles. The molecular weight excluding hydrogens is 286 g/mol. The second-order valence-electron chi connectivity index (χ2n) is 3.39. The molecule has 0 amide bonds. The number of hydrogen-bond acceptors (Lipinski definition) is 4. The monoisotopic (exact) mass is 297 g/mol. The van der Waals surface area contributed by atoms with Gasteiger partial charge in [-0.3, -0.25) is 5.84 Å². The first kappa shape index (κ1) is 11.6. The first-order valence-electron chi connectivity index (χ1n) is 4.77. The van der Waals surface area contributed by atoms with Crippen molar-refractivity contribution in [3.63, 3.8) is 0 Å². The molecule has 1 aromatic heterocycles. The van der Waals surface area contributed by atoms with Crippen LogP contribution in [0.15, 0.2) is 40.2 Å². The number of nitrogen functional groups attached to an aromatic ring is 1. The van der Waals surface area contributed by atoms with Gasteiger partial charge in [0.15, 0.2) is 0 Å². The molecule has 0 aliphatic heterocycles. The van der Waals surface area contributed by atoms with Crippen LogP contribution in [0.1, 0.15) is 16.5 Å². The van der Waals surface area contributed by atoms with Gasteiger partial charge in [0.05, 0.1) is 6.04 Å². The second-order valence-corrected chi connectivity index (χ2v) is 5.28. The predicted molar refractivity (Wildman–Crippen MR) is 72.0 cm³/mol. The van der Waals surface area contributed by atoms with Crippen LogP contribution >= 0.6 is 27.3 Å². The maximum absolute atomic E-state index is 5.96. The minimum atomic E-state index is -0.0579. The van der Waals surface area contributed by atoms with E-state index in [-0.39, 0.29) is 6.04 Å². The van der Waals surface area contributed by atoms with Crippen LogP contribution in [0.3, 0.4) is 0 Å². The summed E-state index contributed by atoms with van der Waals surface area (Å²) in [5, 5.41) is 2.02. The Morgan fingerprint density at radius 2 is 2.12 bits per heavy atom. The van der Waals surface area contributed by atoms with E-state index < -0.39 is 0 Å². The van der Waals surface area contributed by atoms with E-state index in [0.717, 1.165) is 20.6 Å². The number of thiophene rings is 1. The number of benzene rings is 1. The molecule has 0 saturated carbocycles. The van der Waals surface area contributed by atoms with Crippen molar-refractivity contribution in [1.29, 1.82) is 0 Å². The van der Waals surface area contributed by atoms with Gasteiger partial charge >= 0.3 is 0 Å². The standard InChI is InChI=1S/C11H12BrN3S/c12-7-3-4-9(13)8(6-7)11(15-14)10-2-1-5-16-10/h1-6,11,15H,13-14H2. The topological polar surface area (TPSA) is 64.1 Å². The van der Waals surface area contributed by atoms with Crippen molar-refractivity contribution < 1.29 is 0 Å². The summed E-state index contributed by atoms with van der Waals surface area (Å²) < 4.78 is 0.994. The fourth-order valence-electron chi connectivity index (χ4n) is 1.58. The number of hydrazine groups is 1. The average molecular weight is 298 g/mol. The van der Waals surface area contributed by atoms with Gasteiger partial charge in [-0.1, -0.05) is 22.0 Å². The van der Waals surface area contributed by atoms with Gasteiger partial charge in [-0.25, -0.2) is 5.43 Å². The highest BCUT2D eigenvalue weighted by atomic mass is 79.9. The Balaban J connectivity index is 2.44. The normalized spacial score (nSPS) is 12.6. The van der Waals surface area contributed by atoms with Crippen LogP contribution in [0.5, 0.6) is 0 Å². The number of nitrogens with one attached hydrogen (secondary N) is 1. The minimum Gasteiger partial charge on any atom is -0.398 e. The third-order valence-corrected chi connectivity index (χ3v) is 3.78. The highest BCUT2D eigenvalue weighted by Crippen LogP contribution is 2.30. The predicted octanol–water partition coefficient (Wildman–Crippen LogP) is 2.65. The van der Waals surface area contributed by atoms with Gasteiger partial charge in [-0.2, -0.15) is 0 Å². The molecule has 0 radical (unpaired) electrons. The lowest BCUT2D eigenvalue weighted by Crippen LogP contribution is -2.28. The summed E-state index contributed by atoms with van der Waals surface area (Å²) in [7, 11) is 0. The van der Waals surface area contributed by atoms with E-state index in [1.54, 1.807) is 11.3 Å². The number of anilines is 1. The van der Waals surface area contributed by atoms with Crippen molar-refractivity contribution in [2.45, 2.75) is 6.04 Å². The molecule has 3 nitrogen and oxygen atoms in total. The van der Waals surface area contributed by atoms with Crippen LogP contribution in [0.2, 0.25) is 0 Å². The van der Waals surface area contributed by atoms with Crippen molar-refractivity contribution in [3.05, 3.63) is 50.6 Å². The Morgan fingerprint density at radius 1 is 1.31 bits per heavy atom. The summed E-state index contributed by atoms with van der Waals surface area (Å²) in [6, 6.07) is 9.75. The molecule has 1 aromatic carbocycles. The molecule has 84 valence electrons. The quantitative estimate of drug-likeness (QED) is 0.464. The van der Waals surface area contributed by atoms with Crippen LogP contribution in [-0.4, -0.2) is 0 Å². The van der Waals surface area contributed by atoms with E-state index in [1.807, 2.05) is 35.7 Å². The van der Waals surface area contributed by atoms with Crippen molar-refractivity contribution in [3.8, 4) is 0 Å². The lowest BCUT2D eigenvalue weighted by molar-refractivity contribution is 0.648. The number of halogens is 1. The van der Waals surface area contributed by atoms with E-state index in [9.17, 15) is 0 Å². The SMILES string of the molecule is NNC(c1cccs1)c1cc(Br)ccc1N. The summed E-state index contributed by atoms with van der Waals surface area (Å²) in [5.74, 6) is 5.60. The molecule has 5 heteroatoms. The first-order valence-corrected chi connectivity index (χ1v) is 6.44. The van der Waals surface area contributed by atoms with Crippen LogP contribution in [0, 0.1) is 0 Å². The van der Waals surface area contributed by atoms with Crippen molar-refractivity contribution >= 4 is 33.0 Å². The Bertz CT molecular complexity index is 470. The van der Waals surface area contributed by atoms with Crippen LogP contribution in [-0.2, 0) is 0 Å². The molecule has 2 rings (SSSR count). The maximum atomic E-state index is 5.96. The van der Waals surface area contributed by atoms with Crippen molar-refractivity contribution in [1.82, 2.24) is 5.43 Å². The van der Waals surface area contributed by atoms with Crippen LogP contribution in [0.25, 0.3) is 0 Å². The van der Waals surface area contributed by atoms with Gasteiger partial charge in [-0.05, 0) is 35.2 Å². The molecule has 0 bridgehead atoms. The second kappa shape index (κ2) is 4.97. The highest BCUT2D eigenvalue weighted by molar-refractivity contribution is 9.10. The molecule has 0 spiro atoms. The van der Waals surface area contributed by atoms with Crippen molar-refractivity contribution in [2.24, 2.45) is 5.84 Å². The highest BCUT2D eigenvalue weighted by Gasteiger charge is 2.16. The number of nitrogens with two attached hydrogens (primary N) is 2. The zero-order valence-corrected chi connectivity index (χ0v) is 10.9. The smallest absolute Gasteiger partial charge is 0.0822 e. The summed E-state index contributed by atoms with van der Waals surface area (Å²) in [5.41, 5.74) is 10.5. The molecule has 2 aromatic rings. The van der Waals surface area contributed by atoms with Gasteiger partial charge in [0.1, 0.15) is 0 Å². The Labute approximate surface area is 107 Å². The molecule has 1 unspecified atom stereocenters. The zero-order valence-electron chi connectivity index (χ0n) is 8.48. The number of rotatable bonds is 3. The van der Waals surface area contributed by atoms with E-state index in [4.69, 9.17) is 11.6 Å². The average Bonchev–Trinajstić information content (AvgIpc) is 2.78. The summed E-state index contributed by atoms with van der Waals surface area (Å²) in [6.45, 7) is 0. The first-order chi connectivity index (χ1) is 7.72. The fourth-order valence-corrected chi connectivity index (χ4v) is 2.76. The third kappa shape index (κ3) is 2.27. The minimum absolute atomic E-state index is 0.0579. The summed E-state index contributed by atoms with van der Waals surface area (Å²) in [6.07, 6.45) is 0. The van der Waals surface area contributed by atoms with Gasteiger partial charge in [0.2, 0.25) is 0 Å². The van der Waals surface area contributed by atoms with Crippen LogP contribution in [0.4, 0.5) is 5.69 Å². The van der Waals surface area contributed by atoms with Crippen LogP contribution < -0.4 is 17.0 Å². The maximum Gasteiger partial charge on any atom is 0.0822 e. The van der Waals surface area contributed by atoms with E-state index in [1.165, 1.54) is 0 Å². The Kier molecular flexibility index (Phi) is 3.60. The van der Waals surface area contributed by atoms with Gasteiger partial charge in [0.25, 0.3) is 0 Å². The molecule has 0 saturated heterocycles. The summed E-state index contributed by atoms with van der Waals surface area (Å²) in [4.78, 5) is 1.15. The van der Waals surface area contributed by atoms with E-state index >= 15 is 0 Å². The lowest BCUT2D eigenvalue weighted by atomic mass is 10.0. The molecule has 0 aliphatic carbocycles.